The van der Waals surface area contributed by atoms with Crippen LogP contribution in [-0.4, -0.2) is 33.2 Å². The van der Waals surface area contributed by atoms with Crippen molar-refractivity contribution < 1.29 is 18.4 Å². The number of hydrogen-bond donors (Lipinski definition) is 1. The highest BCUT2D eigenvalue weighted by Gasteiger charge is 2.32. The molecule has 1 N–H and O–H groups in total. The van der Waals surface area contributed by atoms with Gasteiger partial charge in [-0.3, -0.25) is 9.59 Å². The van der Waals surface area contributed by atoms with E-state index in [9.17, 15) is 18.4 Å². The van der Waals surface area contributed by atoms with Crippen LogP contribution in [0.25, 0.3) is 0 Å². The van der Waals surface area contributed by atoms with E-state index in [1.54, 1.807) is 29.2 Å². The number of carbonyl (C=O) groups excluding carboxylic acids is 2. The predicted molar refractivity (Wildman–Crippen MR) is 93.6 cm³/mol. The molecule has 0 bridgehead atoms. The van der Waals surface area contributed by atoms with Crippen LogP contribution in [0.15, 0.2) is 42.6 Å². The van der Waals surface area contributed by atoms with Crippen LogP contribution in [0.4, 0.5) is 8.78 Å². The third-order valence-electron chi connectivity index (χ3n) is 4.41. The Balaban J connectivity index is 1.77. The molecule has 142 valence electrons. The molecule has 2 heterocycles. The Labute approximate surface area is 155 Å². The van der Waals surface area contributed by atoms with Gasteiger partial charge in [0.2, 0.25) is 11.8 Å². The van der Waals surface area contributed by atoms with Gasteiger partial charge in [-0.2, -0.15) is 0 Å². The minimum absolute atomic E-state index is 0.0683. The Kier molecular flexibility index (Phi) is 6.05. The molecule has 1 saturated heterocycles. The smallest absolute Gasteiger partial charge is 0.280 e. The van der Waals surface area contributed by atoms with Gasteiger partial charge in [-0.25, -0.2) is 18.7 Å². The summed E-state index contributed by atoms with van der Waals surface area (Å²) >= 11 is 0. The second-order valence-corrected chi connectivity index (χ2v) is 6.27. The summed E-state index contributed by atoms with van der Waals surface area (Å²) in [4.78, 5) is 34.5. The number of alkyl halides is 2. The van der Waals surface area contributed by atoms with Crippen molar-refractivity contribution in [1.82, 2.24) is 20.2 Å². The molecule has 1 aromatic heterocycles. The van der Waals surface area contributed by atoms with Crippen molar-refractivity contribution in [2.75, 3.05) is 6.54 Å². The minimum atomic E-state index is -2.70. The summed E-state index contributed by atoms with van der Waals surface area (Å²) in [5, 5.41) is 2.68. The average Bonchev–Trinajstić information content (AvgIpc) is 2.69. The summed E-state index contributed by atoms with van der Waals surface area (Å²) in [5.74, 6) is -0.360. The number of amides is 2. The third kappa shape index (κ3) is 4.64. The van der Waals surface area contributed by atoms with E-state index in [1.165, 1.54) is 6.20 Å². The number of piperidine rings is 1. The molecule has 2 amide bonds. The van der Waals surface area contributed by atoms with E-state index in [2.05, 4.69) is 15.3 Å². The highest BCUT2D eigenvalue weighted by Crippen LogP contribution is 2.26. The van der Waals surface area contributed by atoms with Gasteiger partial charge in [0.05, 0.1) is 6.54 Å². The fourth-order valence-corrected chi connectivity index (χ4v) is 3.09. The quantitative estimate of drug-likeness (QED) is 0.844. The number of rotatable bonds is 6. The van der Waals surface area contributed by atoms with Crippen LogP contribution >= 0.6 is 0 Å². The number of halogens is 2. The number of likely N-dealkylation sites (tertiary alicyclic amines) is 1. The molecule has 1 aliphatic heterocycles. The van der Waals surface area contributed by atoms with Gasteiger partial charge in [-0.15, -0.1) is 0 Å². The average molecular weight is 374 g/mol. The monoisotopic (exact) mass is 374 g/mol. The molecule has 2 aromatic rings. The second-order valence-electron chi connectivity index (χ2n) is 6.27. The fourth-order valence-electron chi connectivity index (χ4n) is 3.09. The van der Waals surface area contributed by atoms with E-state index in [0.717, 1.165) is 18.9 Å². The Hall–Kier alpha value is -2.90. The first-order chi connectivity index (χ1) is 13.1. The van der Waals surface area contributed by atoms with E-state index in [1.807, 2.05) is 6.07 Å². The summed E-state index contributed by atoms with van der Waals surface area (Å²) in [6.45, 7) is 0.411. The first-order valence-corrected chi connectivity index (χ1v) is 8.78. The first kappa shape index (κ1) is 18.9. The Bertz CT molecular complexity index is 801. The maximum absolute atomic E-state index is 12.9. The molecular weight excluding hydrogens is 354 g/mol. The normalized spacial score (nSPS) is 15.7. The lowest BCUT2D eigenvalue weighted by Gasteiger charge is -2.34. The van der Waals surface area contributed by atoms with Crippen molar-refractivity contribution >= 4 is 11.8 Å². The highest BCUT2D eigenvalue weighted by molar-refractivity contribution is 5.89. The van der Waals surface area contributed by atoms with Crippen molar-refractivity contribution in [2.24, 2.45) is 0 Å². The van der Waals surface area contributed by atoms with Gasteiger partial charge < -0.3 is 10.2 Å². The van der Waals surface area contributed by atoms with Crippen molar-refractivity contribution in [2.45, 2.75) is 38.3 Å². The predicted octanol–water partition coefficient (Wildman–Crippen LogP) is 2.78. The highest BCUT2D eigenvalue weighted by atomic mass is 19.3. The molecule has 3 rings (SSSR count). The van der Waals surface area contributed by atoms with Crippen molar-refractivity contribution in [3.05, 3.63) is 59.7 Å². The molecule has 0 radical (unpaired) electrons. The molecule has 1 fully saturated rings. The number of benzene rings is 1. The fraction of sp³-hybridized carbons (Fsp3) is 0.368. The summed E-state index contributed by atoms with van der Waals surface area (Å²) in [7, 11) is 0. The van der Waals surface area contributed by atoms with E-state index in [0.29, 0.717) is 18.5 Å². The van der Waals surface area contributed by atoms with Crippen LogP contribution in [0.3, 0.4) is 0 Å². The molecule has 1 aliphatic rings. The molecule has 27 heavy (non-hydrogen) atoms. The molecule has 1 atom stereocenters. The molecule has 1 aromatic carbocycles. The summed E-state index contributed by atoms with van der Waals surface area (Å²) in [6, 6.07) is 9.39. The molecule has 8 heteroatoms. The van der Waals surface area contributed by atoms with Gasteiger partial charge in [-0.1, -0.05) is 30.3 Å². The molecular formula is C19H20F2N4O2. The Morgan fingerprint density at radius 2 is 1.96 bits per heavy atom. The lowest BCUT2D eigenvalue weighted by molar-refractivity contribution is -0.142. The Morgan fingerprint density at radius 1 is 1.19 bits per heavy atom. The van der Waals surface area contributed by atoms with E-state index < -0.39 is 12.5 Å². The summed E-state index contributed by atoms with van der Waals surface area (Å²) < 4.78 is 25.5. The van der Waals surface area contributed by atoms with E-state index in [4.69, 9.17) is 0 Å². The van der Waals surface area contributed by atoms with Crippen LogP contribution in [0.1, 0.15) is 48.8 Å². The number of hydrogen-bond acceptors (Lipinski definition) is 4. The molecule has 6 nitrogen and oxygen atoms in total. The zero-order valence-corrected chi connectivity index (χ0v) is 14.6. The molecule has 0 unspecified atom stereocenters. The lowest BCUT2D eigenvalue weighted by atomic mass is 10.0. The first-order valence-electron chi connectivity index (χ1n) is 8.78. The van der Waals surface area contributed by atoms with Crippen LogP contribution in [0.5, 0.6) is 0 Å². The van der Waals surface area contributed by atoms with Crippen molar-refractivity contribution in [3.63, 3.8) is 0 Å². The van der Waals surface area contributed by atoms with Gasteiger partial charge in [0.15, 0.2) is 0 Å². The van der Waals surface area contributed by atoms with Gasteiger partial charge in [0, 0.05) is 19.2 Å². The van der Waals surface area contributed by atoms with Crippen LogP contribution in [0.2, 0.25) is 0 Å². The Morgan fingerprint density at radius 3 is 2.67 bits per heavy atom. The second kappa shape index (κ2) is 8.66. The summed E-state index contributed by atoms with van der Waals surface area (Å²) in [5.41, 5.74) is 0.313. The zero-order chi connectivity index (χ0) is 19.2. The van der Waals surface area contributed by atoms with Crippen molar-refractivity contribution in [3.8, 4) is 0 Å². The number of aromatic nitrogens is 2. The number of carbonyl (C=O) groups is 2. The molecule has 0 aliphatic carbocycles. The molecule has 0 saturated carbocycles. The van der Waals surface area contributed by atoms with Gasteiger partial charge in [-0.05, 0) is 24.5 Å². The van der Waals surface area contributed by atoms with E-state index in [-0.39, 0.29) is 29.9 Å². The van der Waals surface area contributed by atoms with Gasteiger partial charge in [0.1, 0.15) is 17.6 Å². The van der Waals surface area contributed by atoms with Crippen LogP contribution in [-0.2, 0) is 16.1 Å². The van der Waals surface area contributed by atoms with Crippen LogP contribution < -0.4 is 5.32 Å². The molecule has 0 spiro atoms. The topological polar surface area (TPSA) is 75.2 Å². The van der Waals surface area contributed by atoms with E-state index >= 15 is 0 Å². The maximum atomic E-state index is 12.9. The van der Waals surface area contributed by atoms with Gasteiger partial charge >= 0.3 is 0 Å². The van der Waals surface area contributed by atoms with Crippen molar-refractivity contribution in [1.29, 1.82) is 0 Å². The van der Waals surface area contributed by atoms with Gasteiger partial charge in [0.25, 0.3) is 6.43 Å². The third-order valence-corrected chi connectivity index (χ3v) is 4.41. The number of nitrogens with zero attached hydrogens (tertiary/aromatic N) is 3. The SMILES string of the molecule is O=C(NCc1nccc(C(F)F)n1)[C@@H](c1ccccc1)N1CCCCC1=O. The largest absolute Gasteiger partial charge is 0.347 e. The lowest BCUT2D eigenvalue weighted by Crippen LogP contribution is -2.45. The maximum Gasteiger partial charge on any atom is 0.280 e. The number of nitrogens with one attached hydrogen (secondary N) is 1. The van der Waals surface area contributed by atoms with Crippen LogP contribution in [0, 0.1) is 0 Å². The summed E-state index contributed by atoms with van der Waals surface area (Å²) in [6.07, 6.45) is 0.592. The minimum Gasteiger partial charge on any atom is -0.347 e. The zero-order valence-electron chi connectivity index (χ0n) is 14.6. The standard InChI is InChI=1S/C19H20F2N4O2/c20-18(21)14-9-10-22-15(24-14)12-23-19(27)17(13-6-2-1-3-7-13)25-11-5-4-8-16(25)26/h1-3,6-7,9-10,17-18H,4-5,8,11-12H2,(H,23,27)/t17-/m1/s1.